The van der Waals surface area contributed by atoms with Crippen molar-refractivity contribution in [1.29, 1.82) is 0 Å². The first kappa shape index (κ1) is 9.14. The van der Waals surface area contributed by atoms with Gasteiger partial charge in [-0.25, -0.2) is 0 Å². The lowest BCUT2D eigenvalue weighted by molar-refractivity contribution is -0.117. The van der Waals surface area contributed by atoms with Crippen molar-refractivity contribution in [3.8, 4) is 11.8 Å². The highest BCUT2D eigenvalue weighted by Gasteiger charge is 1.87. The summed E-state index contributed by atoms with van der Waals surface area (Å²) in [4.78, 5) is 10.3. The van der Waals surface area contributed by atoms with E-state index in [1.165, 1.54) is 0 Å². The molecule has 0 atom stereocenters. The van der Waals surface area contributed by atoms with Crippen LogP contribution in [0.3, 0.4) is 0 Å². The smallest absolute Gasteiger partial charge is 0.229 e. The van der Waals surface area contributed by atoms with Crippen molar-refractivity contribution in [3.05, 3.63) is 29.8 Å². The van der Waals surface area contributed by atoms with Gasteiger partial charge >= 0.3 is 0 Å². The van der Waals surface area contributed by atoms with Gasteiger partial charge in [-0.1, -0.05) is 11.8 Å². The summed E-state index contributed by atoms with van der Waals surface area (Å²) in [6.45, 7) is 0. The highest BCUT2D eigenvalue weighted by Crippen LogP contribution is 2.03. The Labute approximate surface area is 76.7 Å². The van der Waals surface area contributed by atoms with Gasteiger partial charge in [0.25, 0.3) is 0 Å². The van der Waals surface area contributed by atoms with Crippen LogP contribution in [-0.4, -0.2) is 5.91 Å². The lowest BCUT2D eigenvalue weighted by Gasteiger charge is -1.91. The molecule has 0 spiro atoms. The van der Waals surface area contributed by atoms with Gasteiger partial charge in [0.15, 0.2) is 0 Å². The van der Waals surface area contributed by atoms with E-state index < -0.39 is 5.91 Å². The molecule has 1 aromatic carbocycles. The second kappa shape index (κ2) is 4.17. The molecule has 1 rings (SSSR count). The molecule has 0 fully saturated rings. The summed E-state index contributed by atoms with van der Waals surface area (Å²) in [6, 6.07) is 7.11. The van der Waals surface area contributed by atoms with Gasteiger partial charge in [0, 0.05) is 11.3 Å². The minimum absolute atomic E-state index is 0.0877. The van der Waals surface area contributed by atoms with Crippen LogP contribution in [0.5, 0.6) is 0 Å². The molecule has 0 aromatic heterocycles. The number of benzene rings is 1. The molecule has 3 heteroatoms. The normalized spacial score (nSPS) is 8.62. The lowest BCUT2D eigenvalue weighted by atomic mass is 10.2. The summed E-state index contributed by atoms with van der Waals surface area (Å²) in [5.41, 5.74) is 11.9. The molecular formula is C10H10N2O. The number of carbonyl (C=O) groups excluding carboxylic acids is 1. The van der Waals surface area contributed by atoms with E-state index in [-0.39, 0.29) is 6.42 Å². The van der Waals surface area contributed by atoms with Crippen LogP contribution in [0.15, 0.2) is 24.3 Å². The third-order valence-electron chi connectivity index (χ3n) is 1.41. The maximum atomic E-state index is 10.3. The van der Waals surface area contributed by atoms with Crippen LogP contribution >= 0.6 is 0 Å². The summed E-state index contributed by atoms with van der Waals surface area (Å²) in [7, 11) is 0. The fourth-order valence-corrected chi connectivity index (χ4v) is 0.800. The Morgan fingerprint density at radius 2 is 1.92 bits per heavy atom. The zero-order valence-electron chi connectivity index (χ0n) is 7.08. The van der Waals surface area contributed by atoms with E-state index >= 15 is 0 Å². The van der Waals surface area contributed by atoms with Gasteiger partial charge in [-0.3, -0.25) is 4.79 Å². The van der Waals surface area contributed by atoms with Crippen LogP contribution in [0.25, 0.3) is 0 Å². The first-order valence-electron chi connectivity index (χ1n) is 3.81. The highest BCUT2D eigenvalue weighted by atomic mass is 16.1. The number of nitrogens with two attached hydrogens (primary N) is 2. The van der Waals surface area contributed by atoms with Gasteiger partial charge in [-0.05, 0) is 24.3 Å². The van der Waals surface area contributed by atoms with Crippen molar-refractivity contribution >= 4 is 11.6 Å². The number of nitrogen functional groups attached to an aromatic ring is 1. The van der Waals surface area contributed by atoms with Crippen molar-refractivity contribution < 1.29 is 4.79 Å². The fourth-order valence-electron chi connectivity index (χ4n) is 0.800. The van der Waals surface area contributed by atoms with Crippen LogP contribution in [0.4, 0.5) is 5.69 Å². The molecule has 0 saturated carbocycles. The minimum atomic E-state index is -0.414. The van der Waals surface area contributed by atoms with E-state index in [2.05, 4.69) is 11.8 Å². The number of hydrogen-bond donors (Lipinski definition) is 2. The summed E-state index contributed by atoms with van der Waals surface area (Å²) >= 11 is 0. The Bertz CT molecular complexity index is 357. The molecule has 1 amide bonds. The molecule has 0 aliphatic rings. The maximum Gasteiger partial charge on any atom is 0.229 e. The summed E-state index contributed by atoms with van der Waals surface area (Å²) in [6.07, 6.45) is 0.0877. The van der Waals surface area contributed by atoms with Crippen LogP contribution in [0.2, 0.25) is 0 Å². The standard InChI is InChI=1S/C10H10N2O/c11-9-6-4-8(5-7-9)2-1-3-10(12)13/h4-7H,3,11H2,(H2,12,13). The minimum Gasteiger partial charge on any atom is -0.399 e. The molecule has 13 heavy (non-hydrogen) atoms. The van der Waals surface area contributed by atoms with E-state index in [1.807, 2.05) is 0 Å². The Morgan fingerprint density at radius 3 is 2.46 bits per heavy atom. The van der Waals surface area contributed by atoms with Gasteiger partial charge in [0.1, 0.15) is 0 Å². The third-order valence-corrected chi connectivity index (χ3v) is 1.41. The van der Waals surface area contributed by atoms with E-state index in [9.17, 15) is 4.79 Å². The van der Waals surface area contributed by atoms with Gasteiger partial charge in [-0.15, -0.1) is 0 Å². The summed E-state index contributed by atoms with van der Waals surface area (Å²) < 4.78 is 0. The SMILES string of the molecule is NC(=O)CC#Cc1ccc(N)cc1. The largest absolute Gasteiger partial charge is 0.399 e. The molecular weight excluding hydrogens is 164 g/mol. The van der Waals surface area contributed by atoms with Gasteiger partial charge in [0.2, 0.25) is 5.91 Å². The molecule has 1 aromatic rings. The van der Waals surface area contributed by atoms with Crippen molar-refractivity contribution in [1.82, 2.24) is 0 Å². The second-order valence-corrected chi connectivity index (χ2v) is 2.57. The van der Waals surface area contributed by atoms with Crippen LogP contribution in [0, 0.1) is 11.8 Å². The molecule has 0 bridgehead atoms. The number of rotatable bonds is 1. The molecule has 4 N–H and O–H groups in total. The van der Waals surface area contributed by atoms with Crippen LogP contribution in [-0.2, 0) is 4.79 Å². The van der Waals surface area contributed by atoms with Crippen molar-refractivity contribution in [2.75, 3.05) is 5.73 Å². The average molecular weight is 174 g/mol. The third kappa shape index (κ3) is 3.30. The van der Waals surface area contributed by atoms with Gasteiger partial charge in [0.05, 0.1) is 6.42 Å². The number of carbonyl (C=O) groups is 1. The number of primary amides is 1. The molecule has 0 radical (unpaired) electrons. The fraction of sp³-hybridized carbons (Fsp3) is 0.100. The zero-order valence-corrected chi connectivity index (χ0v) is 7.08. The molecule has 0 aliphatic carbocycles. The molecule has 66 valence electrons. The molecule has 0 saturated heterocycles. The second-order valence-electron chi connectivity index (χ2n) is 2.57. The van der Waals surface area contributed by atoms with Crippen LogP contribution < -0.4 is 11.5 Å². The number of anilines is 1. The van der Waals surface area contributed by atoms with Crippen LogP contribution in [0.1, 0.15) is 12.0 Å². The van der Waals surface area contributed by atoms with Crippen molar-refractivity contribution in [3.63, 3.8) is 0 Å². The first-order valence-corrected chi connectivity index (χ1v) is 3.81. The number of amides is 1. The van der Waals surface area contributed by atoms with E-state index in [0.29, 0.717) is 5.69 Å². The van der Waals surface area contributed by atoms with Crippen molar-refractivity contribution in [2.45, 2.75) is 6.42 Å². The first-order chi connectivity index (χ1) is 6.18. The Balaban J connectivity index is 2.67. The zero-order chi connectivity index (χ0) is 9.68. The lowest BCUT2D eigenvalue weighted by Crippen LogP contribution is -2.08. The Kier molecular flexibility index (Phi) is 2.93. The summed E-state index contributed by atoms with van der Waals surface area (Å²) in [5.74, 6) is 5.04. The van der Waals surface area contributed by atoms with Crippen molar-refractivity contribution in [2.24, 2.45) is 5.73 Å². The Hall–Kier alpha value is -1.95. The van der Waals surface area contributed by atoms with Gasteiger partial charge in [-0.2, -0.15) is 0 Å². The molecule has 0 aliphatic heterocycles. The predicted octanol–water partition coefficient (Wildman–Crippen LogP) is 0.496. The average Bonchev–Trinajstić information content (AvgIpc) is 2.08. The maximum absolute atomic E-state index is 10.3. The molecule has 3 nitrogen and oxygen atoms in total. The van der Waals surface area contributed by atoms with E-state index in [4.69, 9.17) is 11.5 Å². The molecule has 0 unspecified atom stereocenters. The Morgan fingerprint density at radius 1 is 1.31 bits per heavy atom. The highest BCUT2D eigenvalue weighted by molar-refractivity contribution is 5.76. The molecule has 0 heterocycles. The van der Waals surface area contributed by atoms with Gasteiger partial charge < -0.3 is 11.5 Å². The summed E-state index contributed by atoms with van der Waals surface area (Å²) in [5, 5.41) is 0. The number of hydrogen-bond acceptors (Lipinski definition) is 2. The topological polar surface area (TPSA) is 69.1 Å². The van der Waals surface area contributed by atoms with E-state index in [1.54, 1.807) is 24.3 Å². The quantitative estimate of drug-likeness (QED) is 0.480. The predicted molar refractivity (Wildman–Crippen MR) is 51.5 cm³/mol. The monoisotopic (exact) mass is 174 g/mol. The van der Waals surface area contributed by atoms with E-state index in [0.717, 1.165) is 5.56 Å².